The van der Waals surface area contributed by atoms with Gasteiger partial charge in [0, 0.05) is 31.9 Å². The largest absolute Gasteiger partial charge is 0.454 e. The van der Waals surface area contributed by atoms with E-state index in [1.165, 1.54) is 0 Å². The third-order valence-electron chi connectivity index (χ3n) is 4.19. The Morgan fingerprint density at radius 1 is 0.955 bits per heavy atom. The summed E-state index contributed by atoms with van der Waals surface area (Å²) in [7, 11) is 0. The molecule has 1 atom stereocenters. The van der Waals surface area contributed by atoms with Crippen LogP contribution < -0.4 is 0 Å². The third-order valence-corrected chi connectivity index (χ3v) is 4.19. The molecule has 0 aromatic heterocycles. The van der Waals surface area contributed by atoms with Crippen LogP contribution in [0.5, 0.6) is 0 Å². The summed E-state index contributed by atoms with van der Waals surface area (Å²) in [6.45, 7) is 1.94. The Morgan fingerprint density at radius 2 is 1.59 bits per heavy atom. The van der Waals surface area contributed by atoms with Gasteiger partial charge < -0.3 is 9.80 Å². The predicted octanol–water partition coefficient (Wildman–Crippen LogP) is 2.50. The summed E-state index contributed by atoms with van der Waals surface area (Å²) in [6, 6.07) is -0.435. The van der Waals surface area contributed by atoms with Gasteiger partial charge in [-0.15, -0.1) is 0 Å². The average molecular weight is 318 g/mol. The maximum absolute atomic E-state index is 12.5. The maximum atomic E-state index is 12.5. The second-order valence-corrected chi connectivity index (χ2v) is 5.81. The van der Waals surface area contributed by atoms with E-state index in [1.807, 2.05) is 4.90 Å². The van der Waals surface area contributed by atoms with Crippen LogP contribution in [-0.4, -0.2) is 53.3 Å². The number of hydrogen-bond donors (Lipinski definition) is 0. The van der Waals surface area contributed by atoms with E-state index in [0.717, 1.165) is 38.3 Å². The Morgan fingerprint density at radius 3 is 2.18 bits per heavy atom. The molecule has 1 unspecified atom stereocenters. The van der Waals surface area contributed by atoms with Crippen LogP contribution in [0.4, 0.5) is 13.2 Å². The van der Waals surface area contributed by atoms with Gasteiger partial charge in [-0.05, 0) is 25.7 Å². The molecule has 2 rings (SSSR count). The molecule has 7 heteroatoms. The number of amides is 1. The van der Waals surface area contributed by atoms with Gasteiger partial charge in [0.1, 0.15) is 6.04 Å². The number of nitrogens with zero attached hydrogens (tertiary/aromatic N) is 2. The first-order chi connectivity index (χ1) is 10.4. The van der Waals surface area contributed by atoms with E-state index in [1.54, 1.807) is 4.90 Å². The first kappa shape index (κ1) is 16.8. The van der Waals surface area contributed by atoms with Gasteiger partial charge in [-0.1, -0.05) is 12.8 Å². The zero-order valence-corrected chi connectivity index (χ0v) is 12.4. The number of alkyl halides is 3. The van der Waals surface area contributed by atoms with Gasteiger partial charge in [0.05, 0.1) is 0 Å². The van der Waals surface area contributed by atoms with Crippen LogP contribution in [0.15, 0.2) is 12.3 Å². The quantitative estimate of drug-likeness (QED) is 0.751. The van der Waals surface area contributed by atoms with E-state index >= 15 is 0 Å². The fourth-order valence-electron chi connectivity index (χ4n) is 2.99. The van der Waals surface area contributed by atoms with Crippen molar-refractivity contribution in [3.8, 4) is 0 Å². The Labute approximate surface area is 127 Å². The van der Waals surface area contributed by atoms with E-state index in [-0.39, 0.29) is 5.91 Å². The Balaban J connectivity index is 1.99. The molecular formula is C15H21F3N2O2. The third kappa shape index (κ3) is 4.24. The summed E-state index contributed by atoms with van der Waals surface area (Å²) >= 11 is 0. The van der Waals surface area contributed by atoms with Crippen molar-refractivity contribution < 1.29 is 22.8 Å². The normalized spacial score (nSPS) is 23.9. The highest BCUT2D eigenvalue weighted by molar-refractivity contribution is 5.94. The molecule has 22 heavy (non-hydrogen) atoms. The summed E-state index contributed by atoms with van der Waals surface area (Å²) in [4.78, 5) is 26.8. The van der Waals surface area contributed by atoms with Gasteiger partial charge in [0.2, 0.25) is 5.91 Å². The molecule has 0 N–H and O–H groups in total. The molecule has 2 aliphatic heterocycles. The van der Waals surface area contributed by atoms with Crippen molar-refractivity contribution in [3.63, 3.8) is 0 Å². The van der Waals surface area contributed by atoms with Gasteiger partial charge in [0.15, 0.2) is 0 Å². The van der Waals surface area contributed by atoms with Crippen molar-refractivity contribution in [2.75, 3.05) is 19.6 Å². The van der Waals surface area contributed by atoms with Crippen molar-refractivity contribution in [1.82, 2.24) is 9.80 Å². The van der Waals surface area contributed by atoms with Gasteiger partial charge in [-0.3, -0.25) is 9.59 Å². The maximum Gasteiger partial charge on any atom is 0.454 e. The van der Waals surface area contributed by atoms with Crippen molar-refractivity contribution in [3.05, 3.63) is 12.3 Å². The number of carbonyl (C=O) groups excluding carboxylic acids is 2. The molecule has 0 aliphatic carbocycles. The Bertz CT molecular complexity index is 441. The monoisotopic (exact) mass is 318 g/mol. The predicted molar refractivity (Wildman–Crippen MR) is 75.0 cm³/mol. The second kappa shape index (κ2) is 7.15. The lowest BCUT2D eigenvalue weighted by Crippen LogP contribution is -2.44. The highest BCUT2D eigenvalue weighted by Crippen LogP contribution is 2.22. The Kier molecular flexibility index (Phi) is 5.47. The van der Waals surface area contributed by atoms with E-state index in [4.69, 9.17) is 0 Å². The molecule has 0 saturated carbocycles. The number of halogens is 3. The number of carbonyl (C=O) groups is 2. The van der Waals surface area contributed by atoms with E-state index in [9.17, 15) is 22.8 Å². The summed E-state index contributed by atoms with van der Waals surface area (Å²) < 4.78 is 36.7. The summed E-state index contributed by atoms with van der Waals surface area (Å²) in [5, 5.41) is 0. The Hall–Kier alpha value is -1.53. The van der Waals surface area contributed by atoms with Gasteiger partial charge in [-0.25, -0.2) is 0 Å². The molecule has 2 saturated heterocycles. The molecule has 2 heterocycles. The molecule has 0 aromatic rings. The van der Waals surface area contributed by atoms with Crippen LogP contribution >= 0.6 is 0 Å². The summed E-state index contributed by atoms with van der Waals surface area (Å²) in [5.74, 6) is -1.91. The minimum absolute atomic E-state index is 0.0245. The second-order valence-electron chi connectivity index (χ2n) is 5.81. The molecule has 0 radical (unpaired) electrons. The van der Waals surface area contributed by atoms with Crippen LogP contribution in [0.3, 0.4) is 0 Å². The van der Waals surface area contributed by atoms with Crippen molar-refractivity contribution in [2.45, 2.75) is 50.7 Å². The zero-order valence-electron chi connectivity index (χ0n) is 12.4. The lowest BCUT2D eigenvalue weighted by molar-refractivity contribution is -0.165. The molecular weight excluding hydrogens is 297 g/mol. The molecule has 2 aliphatic rings. The average Bonchev–Trinajstić information content (AvgIpc) is 2.75. The van der Waals surface area contributed by atoms with E-state index in [2.05, 4.69) is 0 Å². The molecule has 0 aromatic carbocycles. The lowest BCUT2D eigenvalue weighted by atomic mass is 10.2. The van der Waals surface area contributed by atoms with Gasteiger partial charge in [-0.2, -0.15) is 13.2 Å². The minimum Gasteiger partial charge on any atom is -0.365 e. The molecule has 0 spiro atoms. The number of hydrogen-bond acceptors (Lipinski definition) is 3. The first-order valence-electron chi connectivity index (χ1n) is 7.73. The van der Waals surface area contributed by atoms with Crippen molar-refractivity contribution in [2.24, 2.45) is 0 Å². The zero-order chi connectivity index (χ0) is 16.2. The van der Waals surface area contributed by atoms with Crippen LogP contribution in [0.1, 0.15) is 38.5 Å². The smallest absolute Gasteiger partial charge is 0.365 e. The molecule has 4 nitrogen and oxygen atoms in total. The summed E-state index contributed by atoms with van der Waals surface area (Å²) in [5.41, 5.74) is 0. The number of rotatable bonds is 3. The SMILES string of the molecule is O=C(C1CCCN1C=CC(=O)C(F)(F)F)N1CCCCCC1. The highest BCUT2D eigenvalue weighted by atomic mass is 19.4. The van der Waals surface area contributed by atoms with Crippen LogP contribution in [-0.2, 0) is 9.59 Å². The van der Waals surface area contributed by atoms with Crippen molar-refractivity contribution in [1.29, 1.82) is 0 Å². The van der Waals surface area contributed by atoms with E-state index < -0.39 is 18.0 Å². The number of allylic oxidation sites excluding steroid dienone is 1. The van der Waals surface area contributed by atoms with Gasteiger partial charge in [0.25, 0.3) is 5.78 Å². The first-order valence-corrected chi connectivity index (χ1v) is 7.73. The number of likely N-dealkylation sites (tertiary alicyclic amines) is 2. The van der Waals surface area contributed by atoms with E-state index in [0.29, 0.717) is 32.1 Å². The van der Waals surface area contributed by atoms with Gasteiger partial charge >= 0.3 is 6.18 Å². The molecule has 2 fully saturated rings. The fourth-order valence-corrected chi connectivity index (χ4v) is 2.99. The molecule has 1 amide bonds. The topological polar surface area (TPSA) is 40.6 Å². The minimum atomic E-state index is -4.86. The molecule has 0 bridgehead atoms. The fraction of sp³-hybridized carbons (Fsp3) is 0.733. The standard InChI is InChI=1S/C15H21F3N2O2/c16-15(17,18)13(21)7-11-19-10-5-6-12(19)14(22)20-8-3-1-2-4-9-20/h7,11-12H,1-6,8-10H2. The summed E-state index contributed by atoms with van der Waals surface area (Å²) in [6.07, 6.45) is 2.32. The van der Waals surface area contributed by atoms with Crippen molar-refractivity contribution >= 4 is 11.7 Å². The molecule has 124 valence electrons. The highest BCUT2D eigenvalue weighted by Gasteiger charge is 2.37. The van der Waals surface area contributed by atoms with Crippen LogP contribution in [0, 0.1) is 0 Å². The van der Waals surface area contributed by atoms with Crippen LogP contribution in [0.25, 0.3) is 0 Å². The lowest BCUT2D eigenvalue weighted by Gasteiger charge is -2.28. The number of ketones is 1. The van der Waals surface area contributed by atoms with Crippen LogP contribution in [0.2, 0.25) is 0 Å².